The van der Waals surface area contributed by atoms with E-state index in [9.17, 15) is 35.5 Å². The summed E-state index contributed by atoms with van der Waals surface area (Å²) >= 11 is 0. The zero-order valence-corrected chi connectivity index (χ0v) is 20.7. The minimum Gasteiger partial charge on any atom is -0.454 e. The second-order valence-corrected chi connectivity index (χ2v) is 8.98. The molecule has 8 nitrogen and oxygen atoms in total. The van der Waals surface area contributed by atoms with Crippen molar-refractivity contribution in [2.75, 3.05) is 30.3 Å². The summed E-state index contributed by atoms with van der Waals surface area (Å²) in [6.45, 7) is -0.945. The van der Waals surface area contributed by atoms with Crippen molar-refractivity contribution in [2.24, 2.45) is 0 Å². The molecule has 3 aromatic rings. The lowest BCUT2D eigenvalue weighted by atomic mass is 10.0. The Morgan fingerprint density at radius 3 is 2.27 bits per heavy atom. The number of rotatable bonds is 8. The van der Waals surface area contributed by atoms with Crippen LogP contribution in [-0.2, 0) is 17.4 Å². The molecule has 1 saturated heterocycles. The third kappa shape index (κ3) is 8.41. The lowest BCUT2D eigenvalue weighted by Gasteiger charge is -2.32. The number of nitrogens with zero attached hydrogens (tertiary/aromatic N) is 4. The molecule has 0 unspecified atom stereocenters. The molecular formula is C25H23F7N6O2. The minimum absolute atomic E-state index is 0.0540. The number of carbonyl (C=O) groups excluding carboxylic acids is 1. The molecule has 0 bridgehead atoms. The fourth-order valence-corrected chi connectivity index (χ4v) is 3.93. The van der Waals surface area contributed by atoms with E-state index in [4.69, 9.17) is 0 Å². The number of anilines is 3. The molecule has 2 N–H and O–H groups in total. The first-order valence-electron chi connectivity index (χ1n) is 12.0. The zero-order chi connectivity index (χ0) is 28.9. The third-order valence-corrected chi connectivity index (χ3v) is 5.88. The van der Waals surface area contributed by atoms with Crippen LogP contribution in [0.1, 0.15) is 24.0 Å². The number of hydrogen-bond donors (Lipinski definition) is 2. The number of hydrogen-bond acceptors (Lipinski definition) is 7. The predicted molar refractivity (Wildman–Crippen MR) is 129 cm³/mol. The number of amides is 1. The van der Waals surface area contributed by atoms with Gasteiger partial charge in [-0.05, 0) is 48.7 Å². The molecule has 15 heteroatoms. The van der Waals surface area contributed by atoms with Crippen molar-refractivity contribution in [1.29, 1.82) is 0 Å². The molecule has 1 amide bonds. The number of likely N-dealkylation sites (tertiary alicyclic amines) is 1. The van der Waals surface area contributed by atoms with Crippen molar-refractivity contribution >= 4 is 23.5 Å². The van der Waals surface area contributed by atoms with Crippen LogP contribution in [0.2, 0.25) is 0 Å². The molecule has 1 aliphatic rings. The van der Waals surface area contributed by atoms with Gasteiger partial charge in [-0.25, -0.2) is 4.39 Å². The largest absolute Gasteiger partial charge is 0.454 e. The van der Waals surface area contributed by atoms with E-state index in [1.54, 1.807) is 4.90 Å². The van der Waals surface area contributed by atoms with Gasteiger partial charge in [0, 0.05) is 24.8 Å². The van der Waals surface area contributed by atoms with Crippen molar-refractivity contribution in [3.63, 3.8) is 0 Å². The predicted octanol–water partition coefficient (Wildman–Crippen LogP) is 5.36. The van der Waals surface area contributed by atoms with Crippen LogP contribution in [0, 0.1) is 5.82 Å². The molecule has 0 saturated carbocycles. The molecule has 2 aromatic carbocycles. The van der Waals surface area contributed by atoms with Crippen molar-refractivity contribution in [2.45, 2.75) is 37.7 Å². The topological polar surface area (TPSA) is 92.3 Å². The Labute approximate surface area is 223 Å². The molecule has 1 fully saturated rings. The first-order chi connectivity index (χ1) is 18.8. The Hall–Kier alpha value is -4.17. The first-order valence-corrected chi connectivity index (χ1v) is 12.0. The quantitative estimate of drug-likeness (QED) is 0.351. The Morgan fingerprint density at radius 2 is 1.62 bits per heavy atom. The second-order valence-electron chi connectivity index (χ2n) is 8.98. The number of ether oxygens (including phenoxy) is 1. The number of benzene rings is 2. The van der Waals surface area contributed by atoms with Crippen molar-refractivity contribution in [3.8, 4) is 6.01 Å². The van der Waals surface area contributed by atoms with E-state index in [-0.39, 0.29) is 36.0 Å². The Balaban J connectivity index is 1.43. The third-order valence-electron chi connectivity index (χ3n) is 5.88. The van der Waals surface area contributed by atoms with E-state index >= 15 is 0 Å². The molecule has 0 spiro atoms. The number of alkyl halides is 6. The highest BCUT2D eigenvalue weighted by molar-refractivity contribution is 5.78. The fraction of sp³-hybridized carbons (Fsp3) is 0.360. The van der Waals surface area contributed by atoms with Crippen molar-refractivity contribution in [1.82, 2.24) is 19.9 Å². The summed E-state index contributed by atoms with van der Waals surface area (Å²) in [5, 5.41) is 5.51. The van der Waals surface area contributed by atoms with Gasteiger partial charge in [0.25, 0.3) is 0 Å². The van der Waals surface area contributed by atoms with Crippen LogP contribution in [0.3, 0.4) is 0 Å². The molecular weight excluding hydrogens is 549 g/mol. The van der Waals surface area contributed by atoms with Gasteiger partial charge in [0.15, 0.2) is 6.61 Å². The summed E-state index contributed by atoms with van der Waals surface area (Å²) in [5.41, 5.74) is -0.329. The maximum atomic E-state index is 13.1. The summed E-state index contributed by atoms with van der Waals surface area (Å²) in [5.74, 6) is -1.03. The summed E-state index contributed by atoms with van der Waals surface area (Å²) in [7, 11) is 0. The molecule has 0 aliphatic carbocycles. The highest BCUT2D eigenvalue weighted by atomic mass is 19.4. The standard InChI is InChI=1S/C25H23F7N6O2/c26-17-6-4-15(5-7-17)12-20(39)38-10-8-18(9-11-38)33-21-35-22(37-23(36-21)40-14-24(27,28)29)34-19-3-1-2-16(13-19)25(30,31)32/h1-7,13,18H,8-12,14H2,(H2,33,34,35,36,37). The van der Waals surface area contributed by atoms with E-state index in [0.717, 1.165) is 18.2 Å². The van der Waals surface area contributed by atoms with Gasteiger partial charge >= 0.3 is 18.4 Å². The van der Waals surface area contributed by atoms with E-state index in [2.05, 4.69) is 30.3 Å². The van der Waals surface area contributed by atoms with Gasteiger partial charge in [0.1, 0.15) is 5.82 Å². The lowest BCUT2D eigenvalue weighted by molar-refractivity contribution is -0.154. The molecule has 0 atom stereocenters. The molecule has 40 heavy (non-hydrogen) atoms. The maximum absolute atomic E-state index is 13.1. The second kappa shape index (κ2) is 11.9. The summed E-state index contributed by atoms with van der Waals surface area (Å²) in [6, 6.07) is 8.78. The van der Waals surface area contributed by atoms with Crippen LogP contribution < -0.4 is 15.4 Å². The normalized spacial score (nSPS) is 14.6. The number of aromatic nitrogens is 3. The summed E-state index contributed by atoms with van der Waals surface area (Å²) in [4.78, 5) is 25.9. The van der Waals surface area contributed by atoms with Gasteiger partial charge in [0.2, 0.25) is 17.8 Å². The van der Waals surface area contributed by atoms with Gasteiger partial charge in [-0.3, -0.25) is 4.79 Å². The smallest absolute Gasteiger partial charge is 0.422 e. The van der Waals surface area contributed by atoms with Gasteiger partial charge in [-0.15, -0.1) is 0 Å². The molecule has 214 valence electrons. The minimum atomic E-state index is -4.68. The molecule has 1 aliphatic heterocycles. The summed E-state index contributed by atoms with van der Waals surface area (Å²) in [6.07, 6.45) is -8.27. The van der Waals surface area contributed by atoms with Crippen LogP contribution >= 0.6 is 0 Å². The van der Waals surface area contributed by atoms with E-state index in [0.29, 0.717) is 31.5 Å². The Bertz CT molecular complexity index is 1310. The Morgan fingerprint density at radius 1 is 0.950 bits per heavy atom. The van der Waals surface area contributed by atoms with Crippen LogP contribution in [0.25, 0.3) is 0 Å². The average molecular weight is 572 g/mol. The molecule has 0 radical (unpaired) electrons. The zero-order valence-electron chi connectivity index (χ0n) is 20.7. The first kappa shape index (κ1) is 28.8. The maximum Gasteiger partial charge on any atom is 0.422 e. The van der Waals surface area contributed by atoms with E-state index in [1.807, 2.05) is 0 Å². The highest BCUT2D eigenvalue weighted by Gasteiger charge is 2.31. The van der Waals surface area contributed by atoms with Crippen LogP contribution in [-0.4, -0.2) is 57.7 Å². The van der Waals surface area contributed by atoms with Crippen LogP contribution in [0.15, 0.2) is 48.5 Å². The van der Waals surface area contributed by atoms with Gasteiger partial charge < -0.3 is 20.3 Å². The average Bonchev–Trinajstić information content (AvgIpc) is 2.88. The van der Waals surface area contributed by atoms with Crippen molar-refractivity contribution < 1.29 is 40.3 Å². The van der Waals surface area contributed by atoms with E-state index in [1.165, 1.54) is 30.3 Å². The number of nitrogens with one attached hydrogen (secondary N) is 2. The highest BCUT2D eigenvalue weighted by Crippen LogP contribution is 2.31. The monoisotopic (exact) mass is 572 g/mol. The van der Waals surface area contributed by atoms with Crippen LogP contribution in [0.5, 0.6) is 6.01 Å². The number of carbonyl (C=O) groups is 1. The molecule has 4 rings (SSSR count). The lowest BCUT2D eigenvalue weighted by Crippen LogP contribution is -2.43. The number of piperidine rings is 1. The van der Waals surface area contributed by atoms with Crippen LogP contribution in [0.4, 0.5) is 48.3 Å². The van der Waals surface area contributed by atoms with Gasteiger partial charge in [0.05, 0.1) is 12.0 Å². The van der Waals surface area contributed by atoms with Gasteiger partial charge in [-0.1, -0.05) is 18.2 Å². The van der Waals surface area contributed by atoms with Gasteiger partial charge in [-0.2, -0.15) is 41.3 Å². The van der Waals surface area contributed by atoms with E-state index < -0.39 is 36.4 Å². The Kier molecular flexibility index (Phi) is 8.59. The number of halogens is 7. The molecule has 2 heterocycles. The van der Waals surface area contributed by atoms with Crippen molar-refractivity contribution in [3.05, 3.63) is 65.5 Å². The summed E-state index contributed by atoms with van der Waals surface area (Å²) < 4.78 is 95.0. The molecule has 1 aromatic heterocycles. The SMILES string of the molecule is O=C(Cc1ccc(F)cc1)N1CCC(Nc2nc(Nc3cccc(C(F)(F)F)c3)nc(OCC(F)(F)F)n2)CC1. The fourth-order valence-electron chi connectivity index (χ4n) is 3.93.